The van der Waals surface area contributed by atoms with Crippen molar-refractivity contribution in [3.63, 3.8) is 0 Å². The number of phenols is 1. The highest BCUT2D eigenvalue weighted by molar-refractivity contribution is 6.46. The third-order valence-corrected chi connectivity index (χ3v) is 5.98. The fourth-order valence-electron chi connectivity index (χ4n) is 4.27. The number of amides is 1. The molecule has 2 N–H and O–H groups in total. The van der Waals surface area contributed by atoms with Crippen molar-refractivity contribution in [3.05, 3.63) is 59.4 Å². The number of nitrogens with zero attached hydrogens (tertiary/aromatic N) is 3. The minimum Gasteiger partial charge on any atom is -0.507 e. The maximum atomic E-state index is 13.1. The van der Waals surface area contributed by atoms with Crippen LogP contribution in [0.2, 0.25) is 0 Å². The van der Waals surface area contributed by atoms with Crippen LogP contribution in [0.1, 0.15) is 23.6 Å². The van der Waals surface area contributed by atoms with Crippen molar-refractivity contribution in [2.24, 2.45) is 0 Å². The van der Waals surface area contributed by atoms with Gasteiger partial charge in [0.1, 0.15) is 17.3 Å². The van der Waals surface area contributed by atoms with Crippen LogP contribution in [0.4, 0.5) is 0 Å². The number of hydrogen-bond donors (Lipinski definition) is 2. The quantitative estimate of drug-likeness (QED) is 0.372. The second-order valence-electron chi connectivity index (χ2n) is 7.97. The first-order chi connectivity index (χ1) is 16.0. The van der Waals surface area contributed by atoms with E-state index < -0.39 is 23.5 Å². The molecule has 1 amide bonds. The summed E-state index contributed by atoms with van der Waals surface area (Å²) in [4.78, 5) is 33.9. The zero-order valence-electron chi connectivity index (χ0n) is 18.4. The monoisotopic (exact) mass is 453 g/mol. The summed E-state index contributed by atoms with van der Waals surface area (Å²) in [5, 5.41) is 21.5. The third kappa shape index (κ3) is 4.69. The van der Waals surface area contributed by atoms with Gasteiger partial charge in [0.05, 0.1) is 37.5 Å². The van der Waals surface area contributed by atoms with E-state index in [0.29, 0.717) is 37.5 Å². The third-order valence-electron chi connectivity index (χ3n) is 5.98. The summed E-state index contributed by atoms with van der Waals surface area (Å²) < 4.78 is 10.5. The van der Waals surface area contributed by atoms with Crippen molar-refractivity contribution in [3.8, 4) is 11.5 Å². The molecule has 0 aliphatic carbocycles. The van der Waals surface area contributed by atoms with Crippen LogP contribution in [-0.4, -0.2) is 83.2 Å². The van der Waals surface area contributed by atoms with Gasteiger partial charge < -0.3 is 24.6 Å². The van der Waals surface area contributed by atoms with E-state index in [9.17, 15) is 19.8 Å². The van der Waals surface area contributed by atoms with E-state index in [1.807, 2.05) is 0 Å². The van der Waals surface area contributed by atoms with Crippen LogP contribution < -0.4 is 4.74 Å². The molecule has 2 fully saturated rings. The lowest BCUT2D eigenvalue weighted by atomic mass is 9.96. The molecule has 2 aromatic rings. The maximum absolute atomic E-state index is 13.1. The Bertz CT molecular complexity index is 1050. The molecule has 1 aromatic carbocycles. The predicted molar refractivity (Wildman–Crippen MR) is 120 cm³/mol. The number of Topliss-reactive ketones (excluding diaryl/α,β-unsaturated/α-hetero) is 1. The van der Waals surface area contributed by atoms with E-state index in [1.165, 1.54) is 24.1 Å². The van der Waals surface area contributed by atoms with Crippen LogP contribution in [0.25, 0.3) is 5.76 Å². The van der Waals surface area contributed by atoms with Gasteiger partial charge in [0.2, 0.25) is 0 Å². The van der Waals surface area contributed by atoms with Crippen LogP contribution in [0, 0.1) is 0 Å². The minimum atomic E-state index is -0.801. The number of phenolic OH excluding ortho intramolecular Hbond substituents is 1. The van der Waals surface area contributed by atoms with Gasteiger partial charge in [0.15, 0.2) is 0 Å². The Kier molecular flexibility index (Phi) is 6.90. The Morgan fingerprint density at radius 1 is 1.21 bits per heavy atom. The van der Waals surface area contributed by atoms with E-state index in [4.69, 9.17) is 9.47 Å². The van der Waals surface area contributed by atoms with Crippen molar-refractivity contribution in [2.75, 3.05) is 46.5 Å². The van der Waals surface area contributed by atoms with Crippen molar-refractivity contribution in [2.45, 2.75) is 12.5 Å². The maximum Gasteiger partial charge on any atom is 0.295 e. The summed E-state index contributed by atoms with van der Waals surface area (Å²) in [6, 6.07) is 7.03. The number of morpholine rings is 1. The molecule has 0 bridgehead atoms. The van der Waals surface area contributed by atoms with Crippen LogP contribution in [0.3, 0.4) is 0 Å². The summed E-state index contributed by atoms with van der Waals surface area (Å²) >= 11 is 0. The van der Waals surface area contributed by atoms with Crippen molar-refractivity contribution < 1.29 is 29.3 Å². The summed E-state index contributed by atoms with van der Waals surface area (Å²) in [7, 11) is 1.46. The Morgan fingerprint density at radius 2 is 2.00 bits per heavy atom. The van der Waals surface area contributed by atoms with Crippen LogP contribution in [-0.2, 0) is 14.3 Å². The van der Waals surface area contributed by atoms with Crippen LogP contribution in [0.15, 0.2) is 48.3 Å². The molecule has 4 rings (SSSR count). The molecule has 3 heterocycles. The summed E-state index contributed by atoms with van der Waals surface area (Å²) in [6.45, 7) is 4.15. The van der Waals surface area contributed by atoms with Gasteiger partial charge in [0.25, 0.3) is 11.7 Å². The standard InChI is InChI=1S/C24H27N3O6/c1-32-17-5-6-18(19(28)14-17)22(29)20-21(16-4-2-7-25-15-16)27(24(31)23(20)30)9-3-8-26-10-12-33-13-11-26/h2,4-7,14-15,21,28-29H,3,8-13H2,1H3/b22-20+. The highest BCUT2D eigenvalue weighted by atomic mass is 16.5. The van der Waals surface area contributed by atoms with Gasteiger partial charge in [-0.3, -0.25) is 19.5 Å². The number of aliphatic hydroxyl groups excluding tert-OH is 1. The summed E-state index contributed by atoms with van der Waals surface area (Å²) in [6.07, 6.45) is 3.84. The van der Waals surface area contributed by atoms with Gasteiger partial charge in [-0.2, -0.15) is 0 Å². The number of pyridine rings is 1. The molecule has 2 aliphatic heterocycles. The molecule has 1 unspecified atom stereocenters. The van der Waals surface area contributed by atoms with Gasteiger partial charge in [-0.25, -0.2) is 0 Å². The number of benzene rings is 1. The first-order valence-corrected chi connectivity index (χ1v) is 10.9. The number of hydrogen-bond acceptors (Lipinski definition) is 8. The van der Waals surface area contributed by atoms with E-state index in [1.54, 1.807) is 30.6 Å². The van der Waals surface area contributed by atoms with Crippen molar-refractivity contribution in [1.82, 2.24) is 14.8 Å². The Labute approximate surface area is 191 Å². The number of carbonyl (C=O) groups excluding carboxylic acids is 2. The second kappa shape index (κ2) is 10.0. The number of methoxy groups -OCH3 is 1. The number of aromatic nitrogens is 1. The zero-order valence-corrected chi connectivity index (χ0v) is 18.4. The zero-order chi connectivity index (χ0) is 23.4. The van der Waals surface area contributed by atoms with Gasteiger partial charge in [-0.05, 0) is 30.2 Å². The first kappa shape index (κ1) is 22.8. The van der Waals surface area contributed by atoms with Gasteiger partial charge in [0, 0.05) is 44.6 Å². The number of carbonyl (C=O) groups is 2. The first-order valence-electron chi connectivity index (χ1n) is 10.9. The van der Waals surface area contributed by atoms with Gasteiger partial charge >= 0.3 is 0 Å². The number of ketones is 1. The molecular weight excluding hydrogens is 426 g/mol. The highest BCUT2D eigenvalue weighted by Crippen LogP contribution is 2.41. The van der Waals surface area contributed by atoms with E-state index in [0.717, 1.165) is 19.6 Å². The molecule has 0 radical (unpaired) electrons. The number of likely N-dealkylation sites (tertiary alicyclic amines) is 1. The number of aliphatic hydroxyl groups is 1. The molecule has 174 valence electrons. The molecule has 0 spiro atoms. The van der Waals surface area contributed by atoms with Crippen molar-refractivity contribution in [1.29, 1.82) is 0 Å². The fourth-order valence-corrected chi connectivity index (χ4v) is 4.27. The number of rotatable bonds is 7. The number of aromatic hydroxyl groups is 1. The molecule has 9 heteroatoms. The topological polar surface area (TPSA) is 112 Å². The van der Waals surface area contributed by atoms with Gasteiger partial charge in [-0.15, -0.1) is 0 Å². The van der Waals surface area contributed by atoms with E-state index in [2.05, 4.69) is 9.88 Å². The predicted octanol–water partition coefficient (Wildman–Crippen LogP) is 1.94. The highest BCUT2D eigenvalue weighted by Gasteiger charge is 2.46. The van der Waals surface area contributed by atoms with E-state index in [-0.39, 0.29) is 16.9 Å². The van der Waals surface area contributed by atoms with Crippen molar-refractivity contribution >= 4 is 17.4 Å². The molecule has 1 atom stereocenters. The minimum absolute atomic E-state index is 0.0519. The molecule has 2 saturated heterocycles. The Balaban J connectivity index is 1.67. The molecule has 33 heavy (non-hydrogen) atoms. The van der Waals surface area contributed by atoms with Crippen LogP contribution in [0.5, 0.6) is 11.5 Å². The van der Waals surface area contributed by atoms with E-state index >= 15 is 0 Å². The Hall–Kier alpha value is -3.43. The normalized spacial score (nSPS) is 20.9. The molecular formula is C24H27N3O6. The molecule has 1 aromatic heterocycles. The lowest BCUT2D eigenvalue weighted by Crippen LogP contribution is -2.39. The summed E-state index contributed by atoms with van der Waals surface area (Å²) in [5.41, 5.74) is 0.591. The second-order valence-corrected chi connectivity index (χ2v) is 7.97. The molecule has 9 nitrogen and oxygen atoms in total. The lowest BCUT2D eigenvalue weighted by molar-refractivity contribution is -0.140. The van der Waals surface area contributed by atoms with Gasteiger partial charge in [-0.1, -0.05) is 6.07 Å². The van der Waals surface area contributed by atoms with Crippen LogP contribution >= 0.6 is 0 Å². The Morgan fingerprint density at radius 3 is 2.67 bits per heavy atom. The lowest BCUT2D eigenvalue weighted by Gasteiger charge is -2.29. The summed E-state index contributed by atoms with van der Waals surface area (Å²) in [5.74, 6) is -1.76. The number of ether oxygens (including phenoxy) is 2. The fraction of sp³-hybridized carbons (Fsp3) is 0.375. The smallest absolute Gasteiger partial charge is 0.295 e. The largest absolute Gasteiger partial charge is 0.507 e. The molecule has 0 saturated carbocycles. The molecule has 2 aliphatic rings. The SMILES string of the molecule is COc1ccc(/C(O)=C2\C(=O)C(=O)N(CCCN3CCOCC3)C2c2cccnc2)c(O)c1. The average molecular weight is 453 g/mol. The average Bonchev–Trinajstić information content (AvgIpc) is 3.10.